The minimum Gasteiger partial charge on any atom is -0.324 e. The van der Waals surface area contributed by atoms with Crippen LogP contribution in [0.1, 0.15) is 37.8 Å². The number of hydrogen-bond donors (Lipinski definition) is 2. The van der Waals surface area contributed by atoms with Gasteiger partial charge in [0.2, 0.25) is 16.0 Å². The molecule has 1 aliphatic heterocycles. The molecule has 3 heterocycles. The third-order valence-corrected chi connectivity index (χ3v) is 6.91. The van der Waals surface area contributed by atoms with E-state index in [9.17, 15) is 8.42 Å². The molecule has 1 aromatic carbocycles. The summed E-state index contributed by atoms with van der Waals surface area (Å²) >= 11 is 0. The van der Waals surface area contributed by atoms with Crippen LogP contribution in [0.15, 0.2) is 53.6 Å². The maximum atomic E-state index is 11.4. The molecule has 2 aliphatic rings. The molecule has 1 saturated carbocycles. The lowest BCUT2D eigenvalue weighted by atomic mass is 9.79. The minimum absolute atomic E-state index is 0.0241. The summed E-state index contributed by atoms with van der Waals surface area (Å²) in [4.78, 5) is 9.36. The number of anilines is 2. The first-order valence-electron chi connectivity index (χ1n) is 9.90. The Bertz CT molecular complexity index is 1210. The van der Waals surface area contributed by atoms with E-state index in [1.807, 2.05) is 6.20 Å². The number of aromatic nitrogens is 3. The lowest BCUT2D eigenvalue weighted by Crippen LogP contribution is -2.37. The van der Waals surface area contributed by atoms with Crippen LogP contribution in [0.25, 0.3) is 11.0 Å². The fraction of sp³-hybridized carbons (Fsp3) is 0.333. The van der Waals surface area contributed by atoms with E-state index in [0.717, 1.165) is 30.3 Å². The van der Waals surface area contributed by atoms with Crippen LogP contribution in [0.5, 0.6) is 0 Å². The maximum Gasteiger partial charge on any atom is 0.238 e. The summed E-state index contributed by atoms with van der Waals surface area (Å²) in [6, 6.07) is 8.45. The van der Waals surface area contributed by atoms with Gasteiger partial charge in [-0.1, -0.05) is 31.4 Å². The number of allylic oxidation sites excluding steroid dienone is 2. The molecular formula is C21H23N5O2S. The van der Waals surface area contributed by atoms with Crippen molar-refractivity contribution >= 4 is 32.7 Å². The monoisotopic (exact) mass is 409 g/mol. The third kappa shape index (κ3) is 3.22. The minimum atomic E-state index is -3.71. The van der Waals surface area contributed by atoms with Crippen LogP contribution in [0.2, 0.25) is 0 Å². The van der Waals surface area contributed by atoms with Gasteiger partial charge in [0.25, 0.3) is 0 Å². The second kappa shape index (κ2) is 6.67. The van der Waals surface area contributed by atoms with E-state index in [-0.39, 0.29) is 10.4 Å². The normalized spacial score (nSPS) is 18.1. The zero-order valence-corrected chi connectivity index (χ0v) is 16.8. The molecule has 5 rings (SSSR count). The standard InChI is InChI=1S/C21H23N5O2S/c22-29(27,28)18-8-6-16(7-9-18)24-20-23-14-15-13-17-5-4-12-21(10-2-1-3-11-21)26(17)19(15)25-20/h4,6-9,12-14H,1-3,5,10-11H2,(H2,22,27,28)(H,23,24,25). The van der Waals surface area contributed by atoms with Gasteiger partial charge < -0.3 is 9.88 Å². The van der Waals surface area contributed by atoms with Crippen molar-refractivity contribution in [2.75, 3.05) is 5.32 Å². The van der Waals surface area contributed by atoms with Gasteiger partial charge in [0.1, 0.15) is 5.65 Å². The highest BCUT2D eigenvalue weighted by atomic mass is 32.2. The number of nitrogens with two attached hydrogens (primary N) is 1. The largest absolute Gasteiger partial charge is 0.324 e. The highest BCUT2D eigenvalue weighted by molar-refractivity contribution is 7.89. The Morgan fingerprint density at radius 3 is 2.59 bits per heavy atom. The molecule has 3 N–H and O–H groups in total. The molecule has 0 unspecified atom stereocenters. The van der Waals surface area contributed by atoms with E-state index < -0.39 is 10.0 Å². The number of nitrogens with one attached hydrogen (secondary N) is 1. The highest BCUT2D eigenvalue weighted by Gasteiger charge is 2.36. The molecule has 1 aliphatic carbocycles. The van der Waals surface area contributed by atoms with Gasteiger partial charge in [0.15, 0.2) is 0 Å². The van der Waals surface area contributed by atoms with Crippen molar-refractivity contribution < 1.29 is 8.42 Å². The summed E-state index contributed by atoms with van der Waals surface area (Å²) in [7, 11) is -3.71. The highest BCUT2D eigenvalue weighted by Crippen LogP contribution is 2.42. The van der Waals surface area contributed by atoms with Crippen molar-refractivity contribution in [1.82, 2.24) is 14.5 Å². The van der Waals surface area contributed by atoms with Crippen LogP contribution in [0, 0.1) is 0 Å². The topological polar surface area (TPSA) is 103 Å². The summed E-state index contributed by atoms with van der Waals surface area (Å²) in [5.74, 6) is 0.488. The zero-order chi connectivity index (χ0) is 20.1. The van der Waals surface area contributed by atoms with Crippen molar-refractivity contribution in [2.24, 2.45) is 5.14 Å². The number of rotatable bonds is 3. The summed E-state index contributed by atoms with van der Waals surface area (Å²) in [6.07, 6.45) is 13.5. The van der Waals surface area contributed by atoms with E-state index in [0.29, 0.717) is 11.6 Å². The van der Waals surface area contributed by atoms with Gasteiger partial charge in [-0.3, -0.25) is 0 Å². The van der Waals surface area contributed by atoms with Crippen LogP contribution in [-0.2, 0) is 22.0 Å². The number of primary sulfonamides is 1. The quantitative estimate of drug-likeness (QED) is 0.644. The average molecular weight is 410 g/mol. The molecule has 2 aromatic heterocycles. The summed E-state index contributed by atoms with van der Waals surface area (Å²) in [5, 5.41) is 9.38. The maximum absolute atomic E-state index is 11.4. The number of sulfonamides is 1. The molecule has 0 saturated heterocycles. The van der Waals surface area contributed by atoms with Crippen molar-refractivity contribution in [2.45, 2.75) is 49.0 Å². The van der Waals surface area contributed by atoms with Gasteiger partial charge in [0.05, 0.1) is 10.4 Å². The first-order valence-corrected chi connectivity index (χ1v) is 11.4. The summed E-state index contributed by atoms with van der Waals surface area (Å²) in [6.45, 7) is 0. The smallest absolute Gasteiger partial charge is 0.238 e. The molecule has 1 fully saturated rings. The number of hydrogen-bond acceptors (Lipinski definition) is 5. The van der Waals surface area contributed by atoms with Gasteiger partial charge in [-0.05, 0) is 43.2 Å². The van der Waals surface area contributed by atoms with Gasteiger partial charge >= 0.3 is 0 Å². The number of benzene rings is 1. The molecule has 29 heavy (non-hydrogen) atoms. The van der Waals surface area contributed by atoms with Crippen molar-refractivity contribution in [3.63, 3.8) is 0 Å². The van der Waals surface area contributed by atoms with E-state index >= 15 is 0 Å². The molecule has 0 amide bonds. The SMILES string of the molecule is NS(=O)(=O)c1ccc(Nc2ncc3cc4n(c3n2)C2(C=CC4)CCCCC2)cc1. The van der Waals surface area contributed by atoms with E-state index in [2.05, 4.69) is 33.1 Å². The van der Waals surface area contributed by atoms with Crippen LogP contribution in [-0.4, -0.2) is 23.0 Å². The Morgan fingerprint density at radius 2 is 1.86 bits per heavy atom. The Kier molecular flexibility index (Phi) is 4.22. The van der Waals surface area contributed by atoms with Gasteiger partial charge in [-0.25, -0.2) is 18.5 Å². The van der Waals surface area contributed by atoms with E-state index in [1.54, 1.807) is 12.1 Å². The molecule has 3 aromatic rings. The number of nitrogens with zero attached hydrogens (tertiary/aromatic N) is 3. The van der Waals surface area contributed by atoms with Gasteiger partial charge in [-0.2, -0.15) is 4.98 Å². The second-order valence-electron chi connectivity index (χ2n) is 7.91. The van der Waals surface area contributed by atoms with Gasteiger partial charge in [-0.15, -0.1) is 0 Å². The predicted octanol–water partition coefficient (Wildman–Crippen LogP) is 3.59. The van der Waals surface area contributed by atoms with E-state index in [4.69, 9.17) is 10.1 Å². The summed E-state index contributed by atoms with van der Waals surface area (Å²) < 4.78 is 25.3. The zero-order valence-electron chi connectivity index (χ0n) is 16.0. The van der Waals surface area contributed by atoms with Crippen molar-refractivity contribution in [3.05, 3.63) is 54.4 Å². The Morgan fingerprint density at radius 1 is 1.10 bits per heavy atom. The molecule has 1 spiro atoms. The molecule has 7 nitrogen and oxygen atoms in total. The van der Waals surface area contributed by atoms with Crippen LogP contribution >= 0.6 is 0 Å². The van der Waals surface area contributed by atoms with E-state index in [1.165, 1.54) is 37.1 Å². The Labute approximate surface area is 169 Å². The fourth-order valence-electron chi connectivity index (χ4n) is 4.64. The lowest BCUT2D eigenvalue weighted by molar-refractivity contribution is 0.253. The third-order valence-electron chi connectivity index (χ3n) is 5.98. The van der Waals surface area contributed by atoms with Crippen LogP contribution < -0.4 is 10.5 Å². The molecule has 8 heteroatoms. The van der Waals surface area contributed by atoms with Crippen molar-refractivity contribution in [1.29, 1.82) is 0 Å². The molecular weight excluding hydrogens is 386 g/mol. The fourth-order valence-corrected chi connectivity index (χ4v) is 5.15. The molecule has 150 valence electrons. The second-order valence-corrected chi connectivity index (χ2v) is 9.47. The lowest BCUT2D eigenvalue weighted by Gasteiger charge is -2.40. The predicted molar refractivity (Wildman–Crippen MR) is 113 cm³/mol. The Hall–Kier alpha value is -2.71. The average Bonchev–Trinajstić information content (AvgIpc) is 3.08. The summed E-state index contributed by atoms with van der Waals surface area (Å²) in [5.41, 5.74) is 2.96. The Balaban J connectivity index is 1.52. The molecule has 0 bridgehead atoms. The van der Waals surface area contributed by atoms with Crippen LogP contribution in [0.4, 0.5) is 11.6 Å². The first-order chi connectivity index (χ1) is 13.9. The van der Waals surface area contributed by atoms with Crippen LogP contribution in [0.3, 0.4) is 0 Å². The molecule has 0 atom stereocenters. The van der Waals surface area contributed by atoms with Gasteiger partial charge in [0, 0.05) is 29.4 Å². The molecule has 0 radical (unpaired) electrons. The van der Waals surface area contributed by atoms with Crippen molar-refractivity contribution in [3.8, 4) is 0 Å². The number of fused-ring (bicyclic) bond motifs is 4. The first kappa shape index (κ1) is 18.3.